The van der Waals surface area contributed by atoms with Gasteiger partial charge in [0.2, 0.25) is 11.8 Å². The summed E-state index contributed by atoms with van der Waals surface area (Å²) in [5.41, 5.74) is 3.11. The van der Waals surface area contributed by atoms with Crippen LogP contribution < -0.4 is 5.32 Å². The Balaban J connectivity index is 1.50. The first-order valence-electron chi connectivity index (χ1n) is 7.29. The molecular weight excluding hydrogens is 344 g/mol. The Hall–Kier alpha value is -2.19. The summed E-state index contributed by atoms with van der Waals surface area (Å²) in [6.07, 6.45) is 0. The lowest BCUT2D eigenvalue weighted by atomic mass is 10.1. The smallest absolute Gasteiger partial charge is 0.236 e. The van der Waals surface area contributed by atoms with Crippen LogP contribution in [0.1, 0.15) is 17.3 Å². The monoisotopic (exact) mass is 360 g/mol. The van der Waals surface area contributed by atoms with Gasteiger partial charge in [-0.15, -0.1) is 23.1 Å². The van der Waals surface area contributed by atoms with Crippen molar-refractivity contribution in [2.24, 2.45) is 0 Å². The molecule has 8 heteroatoms. The third kappa shape index (κ3) is 4.42. The van der Waals surface area contributed by atoms with E-state index in [9.17, 15) is 4.79 Å². The zero-order valence-electron chi connectivity index (χ0n) is 13.3. The number of amides is 1. The molecule has 0 spiro atoms. The van der Waals surface area contributed by atoms with Gasteiger partial charge in [-0.25, -0.2) is 4.98 Å². The Bertz CT molecular complexity index is 827. The van der Waals surface area contributed by atoms with Crippen LogP contribution in [0.5, 0.6) is 0 Å². The van der Waals surface area contributed by atoms with Crippen LogP contribution in [-0.2, 0) is 10.5 Å². The van der Waals surface area contributed by atoms with E-state index in [1.807, 2.05) is 36.6 Å². The van der Waals surface area contributed by atoms with Gasteiger partial charge in [0.05, 0.1) is 17.2 Å². The van der Waals surface area contributed by atoms with Crippen molar-refractivity contribution in [2.45, 2.75) is 19.6 Å². The second-order valence-corrected chi connectivity index (χ2v) is 7.02. The summed E-state index contributed by atoms with van der Waals surface area (Å²) in [6, 6.07) is 8.14. The number of hydrogen-bond donors (Lipinski definition) is 1. The van der Waals surface area contributed by atoms with Gasteiger partial charge < -0.3 is 9.84 Å². The summed E-state index contributed by atoms with van der Waals surface area (Å²) in [7, 11) is 0. The maximum atomic E-state index is 12.0. The fourth-order valence-electron chi connectivity index (χ4n) is 1.98. The highest BCUT2D eigenvalue weighted by molar-refractivity contribution is 7.99. The number of carbonyl (C=O) groups excluding carboxylic acids is 1. The van der Waals surface area contributed by atoms with Gasteiger partial charge in [-0.05, 0) is 6.92 Å². The van der Waals surface area contributed by atoms with Gasteiger partial charge in [0.25, 0.3) is 0 Å². The first-order valence-corrected chi connectivity index (χ1v) is 9.33. The highest BCUT2D eigenvalue weighted by Gasteiger charge is 2.09. The summed E-state index contributed by atoms with van der Waals surface area (Å²) in [5, 5.41) is 9.15. The summed E-state index contributed by atoms with van der Waals surface area (Å²) in [5.74, 6) is 1.89. The number of aryl methyl sites for hydroxylation is 2. The van der Waals surface area contributed by atoms with Crippen LogP contribution in [0.25, 0.3) is 11.3 Å². The predicted octanol–water partition coefficient (Wildman–Crippen LogP) is 3.68. The highest BCUT2D eigenvalue weighted by atomic mass is 32.2. The number of rotatable bonds is 6. The number of carbonyl (C=O) groups is 1. The molecule has 124 valence electrons. The molecule has 2 aromatic heterocycles. The predicted molar refractivity (Wildman–Crippen MR) is 96.1 cm³/mol. The van der Waals surface area contributed by atoms with Gasteiger partial charge in [-0.2, -0.15) is 4.98 Å². The highest BCUT2D eigenvalue weighted by Crippen LogP contribution is 2.25. The minimum atomic E-state index is -0.0926. The van der Waals surface area contributed by atoms with E-state index < -0.39 is 0 Å². The van der Waals surface area contributed by atoms with Crippen molar-refractivity contribution >= 4 is 34.1 Å². The van der Waals surface area contributed by atoms with E-state index >= 15 is 0 Å². The van der Waals surface area contributed by atoms with E-state index in [-0.39, 0.29) is 5.91 Å². The summed E-state index contributed by atoms with van der Waals surface area (Å²) in [4.78, 5) is 20.5. The van der Waals surface area contributed by atoms with Crippen LogP contribution in [-0.4, -0.2) is 26.8 Å². The molecule has 0 aliphatic rings. The largest absolute Gasteiger partial charge is 0.340 e. The lowest BCUT2D eigenvalue weighted by Crippen LogP contribution is -2.14. The summed E-state index contributed by atoms with van der Waals surface area (Å²) < 4.78 is 4.89. The van der Waals surface area contributed by atoms with Crippen molar-refractivity contribution in [3.8, 4) is 11.3 Å². The van der Waals surface area contributed by atoms with Crippen LogP contribution in [0.3, 0.4) is 0 Å². The van der Waals surface area contributed by atoms with E-state index in [2.05, 4.69) is 20.4 Å². The molecule has 0 aliphatic carbocycles. The van der Waals surface area contributed by atoms with Crippen molar-refractivity contribution in [3.63, 3.8) is 0 Å². The number of anilines is 1. The molecule has 24 heavy (non-hydrogen) atoms. The Morgan fingerprint density at radius 2 is 2.04 bits per heavy atom. The second kappa shape index (κ2) is 7.59. The first-order chi connectivity index (χ1) is 11.6. The summed E-state index contributed by atoms with van der Waals surface area (Å²) >= 11 is 2.85. The molecule has 3 rings (SSSR count). The molecule has 2 heterocycles. The number of nitrogens with zero attached hydrogens (tertiary/aromatic N) is 3. The normalized spacial score (nSPS) is 10.8. The van der Waals surface area contributed by atoms with Crippen LogP contribution >= 0.6 is 23.1 Å². The number of hydrogen-bond acceptors (Lipinski definition) is 7. The molecule has 0 radical (unpaired) electrons. The van der Waals surface area contributed by atoms with Crippen LogP contribution in [0, 0.1) is 13.8 Å². The molecule has 0 aliphatic heterocycles. The van der Waals surface area contributed by atoms with E-state index in [0.29, 0.717) is 28.4 Å². The van der Waals surface area contributed by atoms with Crippen LogP contribution in [0.4, 0.5) is 5.13 Å². The zero-order valence-corrected chi connectivity index (χ0v) is 14.9. The second-order valence-electron chi connectivity index (χ2n) is 5.17. The molecule has 1 amide bonds. The zero-order chi connectivity index (χ0) is 16.9. The molecule has 1 N–H and O–H groups in total. The van der Waals surface area contributed by atoms with E-state index in [1.165, 1.54) is 28.7 Å². The topological polar surface area (TPSA) is 80.9 Å². The molecule has 0 unspecified atom stereocenters. The lowest BCUT2D eigenvalue weighted by Gasteiger charge is -2.00. The van der Waals surface area contributed by atoms with Gasteiger partial charge in [-0.3, -0.25) is 4.79 Å². The SMILES string of the molecule is Cc1ccc(-c2csc(NC(=O)CSCc3noc(C)n3)n2)cc1. The van der Waals surface area contributed by atoms with Crippen molar-refractivity contribution in [3.05, 3.63) is 46.9 Å². The van der Waals surface area contributed by atoms with Gasteiger partial charge in [0.1, 0.15) is 0 Å². The van der Waals surface area contributed by atoms with Gasteiger partial charge in [0.15, 0.2) is 11.0 Å². The molecule has 0 fully saturated rings. The average molecular weight is 360 g/mol. The Morgan fingerprint density at radius 1 is 1.25 bits per heavy atom. The molecule has 1 aromatic carbocycles. The molecule has 0 saturated carbocycles. The van der Waals surface area contributed by atoms with Crippen LogP contribution in [0.15, 0.2) is 34.2 Å². The Morgan fingerprint density at radius 3 is 2.75 bits per heavy atom. The number of thioether (sulfide) groups is 1. The lowest BCUT2D eigenvalue weighted by molar-refractivity contribution is -0.113. The molecule has 0 bridgehead atoms. The molecule has 0 saturated heterocycles. The molecule has 3 aromatic rings. The van der Waals surface area contributed by atoms with E-state index in [4.69, 9.17) is 4.52 Å². The molecular formula is C16H16N4O2S2. The van der Waals surface area contributed by atoms with Gasteiger partial charge in [-0.1, -0.05) is 35.0 Å². The number of benzene rings is 1. The third-order valence-electron chi connectivity index (χ3n) is 3.13. The third-order valence-corrected chi connectivity index (χ3v) is 4.82. The van der Waals surface area contributed by atoms with E-state index in [0.717, 1.165) is 11.3 Å². The average Bonchev–Trinajstić information content (AvgIpc) is 3.17. The fraction of sp³-hybridized carbons (Fsp3) is 0.250. The van der Waals surface area contributed by atoms with Gasteiger partial charge >= 0.3 is 0 Å². The van der Waals surface area contributed by atoms with Crippen molar-refractivity contribution < 1.29 is 9.32 Å². The fourth-order valence-corrected chi connectivity index (χ4v) is 3.37. The standard InChI is InChI=1S/C16H16N4O2S2/c1-10-3-5-12(6-4-10)13-7-24-16(18-13)19-15(21)9-23-8-14-17-11(2)22-20-14/h3-7H,8-9H2,1-2H3,(H,18,19,21). The minimum absolute atomic E-state index is 0.0926. The van der Waals surface area contributed by atoms with E-state index in [1.54, 1.807) is 6.92 Å². The number of nitrogens with one attached hydrogen (secondary N) is 1. The van der Waals surface area contributed by atoms with Gasteiger partial charge in [0, 0.05) is 17.9 Å². The Kier molecular flexibility index (Phi) is 5.27. The maximum absolute atomic E-state index is 12.0. The quantitative estimate of drug-likeness (QED) is 0.722. The number of aromatic nitrogens is 3. The van der Waals surface area contributed by atoms with Crippen molar-refractivity contribution in [1.29, 1.82) is 0 Å². The minimum Gasteiger partial charge on any atom is -0.340 e. The first kappa shape index (κ1) is 16.7. The van der Waals surface area contributed by atoms with Crippen molar-refractivity contribution in [2.75, 3.05) is 11.1 Å². The number of thiazole rings is 1. The Labute approximate surface area is 147 Å². The van der Waals surface area contributed by atoms with Crippen LogP contribution in [0.2, 0.25) is 0 Å². The van der Waals surface area contributed by atoms with Crippen molar-refractivity contribution in [1.82, 2.24) is 15.1 Å². The molecule has 6 nitrogen and oxygen atoms in total. The maximum Gasteiger partial charge on any atom is 0.236 e. The summed E-state index contributed by atoms with van der Waals surface area (Å²) in [6.45, 7) is 3.78. The molecule has 0 atom stereocenters.